The molecule has 0 bridgehead atoms. The molecule has 0 aromatic heterocycles. The van der Waals surface area contributed by atoms with Crippen LogP contribution in [0.25, 0.3) is 0 Å². The van der Waals surface area contributed by atoms with Gasteiger partial charge in [0.2, 0.25) is 0 Å². The quantitative estimate of drug-likeness (QED) is 0.256. The molecule has 6 N–H and O–H groups in total. The molecule has 0 aromatic carbocycles. The summed E-state index contributed by atoms with van der Waals surface area (Å²) in [4.78, 5) is 0. The van der Waals surface area contributed by atoms with E-state index in [0.29, 0.717) is 0 Å². The Hall–Kier alpha value is -0.560. The van der Waals surface area contributed by atoms with Gasteiger partial charge in [0, 0.05) is 0 Å². The normalized spacial score (nSPS) is 9.71. The van der Waals surface area contributed by atoms with E-state index in [2.05, 4.69) is 11.8 Å². The van der Waals surface area contributed by atoms with Crippen molar-refractivity contribution in [1.82, 2.24) is 0 Å². The molecule has 40 valence electrons. The molecule has 0 atom stereocenters. The zero-order valence-corrected chi connectivity index (χ0v) is 4.23. The molecule has 0 aliphatic carbocycles. The summed E-state index contributed by atoms with van der Waals surface area (Å²) < 4.78 is 0. The van der Waals surface area contributed by atoms with Crippen molar-refractivity contribution in [3.05, 3.63) is 0 Å². The summed E-state index contributed by atoms with van der Waals surface area (Å²) in [5, 5.41) is 0. The van der Waals surface area contributed by atoms with E-state index in [1.54, 1.807) is 6.92 Å². The topological polar surface area (TPSA) is 78.1 Å². The molecule has 7 heavy (non-hydrogen) atoms. The molecule has 0 aliphatic heterocycles. The molecular formula is C4H9N3. The summed E-state index contributed by atoms with van der Waals surface area (Å²) in [5.41, 5.74) is 15.1. The highest BCUT2D eigenvalue weighted by Gasteiger charge is 2.02. The van der Waals surface area contributed by atoms with Crippen LogP contribution in [0.4, 0.5) is 0 Å². The van der Waals surface area contributed by atoms with Crippen LogP contribution in [0.15, 0.2) is 0 Å². The minimum atomic E-state index is -1.31. The van der Waals surface area contributed by atoms with Gasteiger partial charge in [-0.25, -0.2) is 0 Å². The maximum absolute atomic E-state index is 5.03. The van der Waals surface area contributed by atoms with Crippen molar-refractivity contribution in [3.8, 4) is 11.8 Å². The first-order valence-electron chi connectivity index (χ1n) is 1.87. The lowest BCUT2D eigenvalue weighted by Crippen LogP contribution is -2.56. The molecule has 0 radical (unpaired) electrons. The Labute approximate surface area is 42.9 Å². The summed E-state index contributed by atoms with van der Waals surface area (Å²) in [7, 11) is 0. The molecule has 0 unspecified atom stereocenters. The minimum absolute atomic E-state index is 1.31. The third-order valence-electron chi connectivity index (χ3n) is 0.342. The molecular weight excluding hydrogens is 90.1 g/mol. The zero-order valence-electron chi connectivity index (χ0n) is 4.23. The highest BCUT2D eigenvalue weighted by Crippen LogP contribution is 1.67. The molecule has 3 nitrogen and oxygen atoms in total. The van der Waals surface area contributed by atoms with Gasteiger partial charge in [-0.3, -0.25) is 17.2 Å². The van der Waals surface area contributed by atoms with Crippen LogP contribution in [0.5, 0.6) is 0 Å². The Morgan fingerprint density at radius 3 is 1.71 bits per heavy atom. The largest absolute Gasteiger partial charge is 0.291 e. The van der Waals surface area contributed by atoms with E-state index in [9.17, 15) is 0 Å². The van der Waals surface area contributed by atoms with Crippen LogP contribution in [0, 0.1) is 11.8 Å². The van der Waals surface area contributed by atoms with Crippen LogP contribution in [0.3, 0.4) is 0 Å². The Kier molecular flexibility index (Phi) is 1.78. The number of hydrogen-bond acceptors (Lipinski definition) is 3. The van der Waals surface area contributed by atoms with Crippen LogP contribution in [0.1, 0.15) is 6.92 Å². The van der Waals surface area contributed by atoms with Gasteiger partial charge in [0.15, 0.2) is 5.79 Å². The Balaban J connectivity index is 3.72. The Morgan fingerprint density at radius 2 is 1.71 bits per heavy atom. The van der Waals surface area contributed by atoms with E-state index in [1.165, 1.54) is 0 Å². The van der Waals surface area contributed by atoms with Crippen molar-refractivity contribution < 1.29 is 0 Å². The fourth-order valence-electron chi connectivity index (χ4n) is 0.217. The first kappa shape index (κ1) is 6.44. The second-order valence-electron chi connectivity index (χ2n) is 1.31. The lowest BCUT2D eigenvalue weighted by molar-refractivity contribution is 0.606. The standard InChI is InChI=1S/C4H9N3/c1-2-3-4(5,6)7/h5-7H2,1H3. The van der Waals surface area contributed by atoms with E-state index in [1.807, 2.05) is 0 Å². The van der Waals surface area contributed by atoms with Crippen LogP contribution in [0.2, 0.25) is 0 Å². The lowest BCUT2D eigenvalue weighted by Gasteiger charge is -2.06. The summed E-state index contributed by atoms with van der Waals surface area (Å²) in [6.07, 6.45) is 0. The second-order valence-corrected chi connectivity index (χ2v) is 1.31. The predicted octanol–water partition coefficient (Wildman–Crippen LogP) is -1.46. The molecule has 0 spiro atoms. The lowest BCUT2D eigenvalue weighted by atomic mass is 10.4. The van der Waals surface area contributed by atoms with Crippen molar-refractivity contribution in [1.29, 1.82) is 0 Å². The maximum Gasteiger partial charge on any atom is 0.181 e. The van der Waals surface area contributed by atoms with E-state index < -0.39 is 5.79 Å². The Bertz CT molecular complexity index is 100. The van der Waals surface area contributed by atoms with Crippen LogP contribution < -0.4 is 17.2 Å². The second kappa shape index (κ2) is 1.94. The van der Waals surface area contributed by atoms with Crippen LogP contribution in [-0.4, -0.2) is 5.79 Å². The zero-order chi connectivity index (χ0) is 5.91. The first-order valence-corrected chi connectivity index (χ1v) is 1.87. The number of nitrogens with two attached hydrogens (primary N) is 3. The molecule has 0 fully saturated rings. The highest BCUT2D eigenvalue weighted by atomic mass is 15.1. The minimum Gasteiger partial charge on any atom is -0.291 e. The third kappa shape index (κ3) is 5.44. The average Bonchev–Trinajstić information content (AvgIpc) is 1.30. The Morgan fingerprint density at radius 1 is 1.29 bits per heavy atom. The summed E-state index contributed by atoms with van der Waals surface area (Å²) in [5.74, 6) is 3.54. The van der Waals surface area contributed by atoms with Gasteiger partial charge in [0.1, 0.15) is 0 Å². The van der Waals surface area contributed by atoms with E-state index in [-0.39, 0.29) is 0 Å². The maximum atomic E-state index is 5.03. The van der Waals surface area contributed by atoms with Crippen molar-refractivity contribution in [3.63, 3.8) is 0 Å². The van der Waals surface area contributed by atoms with E-state index in [4.69, 9.17) is 17.2 Å². The molecule has 0 saturated carbocycles. The van der Waals surface area contributed by atoms with Crippen LogP contribution in [-0.2, 0) is 0 Å². The van der Waals surface area contributed by atoms with Gasteiger partial charge in [0.05, 0.1) is 0 Å². The third-order valence-corrected chi connectivity index (χ3v) is 0.342. The molecule has 0 saturated heterocycles. The van der Waals surface area contributed by atoms with Gasteiger partial charge >= 0.3 is 0 Å². The van der Waals surface area contributed by atoms with Gasteiger partial charge in [-0.2, -0.15) is 0 Å². The monoisotopic (exact) mass is 99.1 g/mol. The fraction of sp³-hybridized carbons (Fsp3) is 0.500. The SMILES string of the molecule is CC#CC(N)(N)N. The van der Waals surface area contributed by atoms with Gasteiger partial charge in [0.25, 0.3) is 0 Å². The molecule has 0 rings (SSSR count). The predicted molar refractivity (Wildman–Crippen MR) is 28.7 cm³/mol. The molecule has 0 heterocycles. The average molecular weight is 99.1 g/mol. The van der Waals surface area contributed by atoms with E-state index >= 15 is 0 Å². The number of hydrogen-bond donors (Lipinski definition) is 3. The summed E-state index contributed by atoms with van der Waals surface area (Å²) in [6.45, 7) is 1.63. The molecule has 3 heteroatoms. The first-order chi connectivity index (χ1) is 3.06. The highest BCUT2D eigenvalue weighted by molar-refractivity contribution is 5.08. The smallest absolute Gasteiger partial charge is 0.181 e. The van der Waals surface area contributed by atoms with Crippen molar-refractivity contribution in [2.75, 3.05) is 0 Å². The van der Waals surface area contributed by atoms with Crippen molar-refractivity contribution >= 4 is 0 Å². The fourth-order valence-corrected chi connectivity index (χ4v) is 0.217. The van der Waals surface area contributed by atoms with Crippen molar-refractivity contribution in [2.24, 2.45) is 17.2 Å². The van der Waals surface area contributed by atoms with Crippen molar-refractivity contribution in [2.45, 2.75) is 12.7 Å². The van der Waals surface area contributed by atoms with Crippen LogP contribution >= 0.6 is 0 Å². The molecule has 0 aromatic rings. The molecule has 0 amide bonds. The van der Waals surface area contributed by atoms with Gasteiger partial charge < -0.3 is 0 Å². The summed E-state index contributed by atoms with van der Waals surface area (Å²) in [6, 6.07) is 0. The van der Waals surface area contributed by atoms with Gasteiger partial charge in [-0.05, 0) is 12.8 Å². The van der Waals surface area contributed by atoms with Gasteiger partial charge in [-0.15, -0.1) is 5.92 Å². The van der Waals surface area contributed by atoms with Gasteiger partial charge in [-0.1, -0.05) is 0 Å². The molecule has 0 aliphatic rings. The number of rotatable bonds is 0. The summed E-state index contributed by atoms with van der Waals surface area (Å²) >= 11 is 0. The van der Waals surface area contributed by atoms with E-state index in [0.717, 1.165) is 0 Å².